The predicted molar refractivity (Wildman–Crippen MR) is 73.5 cm³/mol. The van der Waals surface area contributed by atoms with Crippen LogP contribution in [0.15, 0.2) is 6.07 Å². The van der Waals surface area contributed by atoms with Gasteiger partial charge in [0.05, 0.1) is 0 Å². The molecule has 0 bridgehead atoms. The molecule has 92 valence electrons. The zero-order valence-electron chi connectivity index (χ0n) is 10.0. The van der Waals surface area contributed by atoms with Gasteiger partial charge in [-0.2, -0.15) is 0 Å². The van der Waals surface area contributed by atoms with E-state index in [1.165, 1.54) is 15.3 Å². The van der Waals surface area contributed by atoms with Crippen LogP contribution in [0.4, 0.5) is 0 Å². The van der Waals surface area contributed by atoms with E-state index in [0.29, 0.717) is 6.04 Å². The monoisotopic (exact) mass is 260 g/mol. The Kier molecular flexibility index (Phi) is 5.25. The molecule has 2 nitrogen and oxygen atoms in total. The highest BCUT2D eigenvalue weighted by atomic mass is 35.5. The number of rotatable bonds is 2. The molecule has 1 aliphatic heterocycles. The Labute approximate surface area is 108 Å². The lowest BCUT2D eigenvalue weighted by molar-refractivity contribution is 0.205. The van der Waals surface area contributed by atoms with Crippen LogP contribution in [-0.2, 0) is 6.54 Å². The van der Waals surface area contributed by atoms with Gasteiger partial charge < -0.3 is 5.73 Å². The fraction of sp³-hybridized carbons (Fsp3) is 0.667. The summed E-state index contributed by atoms with van der Waals surface area (Å²) in [5.74, 6) is 0. The normalized spacial score (nSPS) is 18.4. The summed E-state index contributed by atoms with van der Waals surface area (Å²) >= 11 is 1.91. The number of aryl methyl sites for hydroxylation is 2. The van der Waals surface area contributed by atoms with Crippen LogP contribution in [0.5, 0.6) is 0 Å². The second-order valence-corrected chi connectivity index (χ2v) is 6.01. The van der Waals surface area contributed by atoms with Crippen LogP contribution in [0, 0.1) is 13.8 Å². The molecule has 0 amide bonds. The second-order valence-electron chi connectivity index (χ2n) is 4.55. The number of nitrogens with zero attached hydrogens (tertiary/aromatic N) is 1. The van der Waals surface area contributed by atoms with Gasteiger partial charge in [-0.25, -0.2) is 0 Å². The Balaban J connectivity index is 0.00000128. The lowest BCUT2D eigenvalue weighted by Gasteiger charge is -2.29. The zero-order valence-corrected chi connectivity index (χ0v) is 11.7. The molecular formula is C12H21ClN2S. The molecule has 0 aliphatic carbocycles. The molecule has 0 spiro atoms. The lowest BCUT2D eigenvalue weighted by Crippen LogP contribution is -2.39. The van der Waals surface area contributed by atoms with Crippen molar-refractivity contribution in [2.75, 3.05) is 13.1 Å². The van der Waals surface area contributed by atoms with Gasteiger partial charge in [-0.15, -0.1) is 23.7 Å². The fourth-order valence-electron chi connectivity index (χ4n) is 2.19. The van der Waals surface area contributed by atoms with E-state index in [1.54, 1.807) is 0 Å². The lowest BCUT2D eigenvalue weighted by atomic mass is 10.1. The third-order valence-electron chi connectivity index (χ3n) is 3.17. The van der Waals surface area contributed by atoms with E-state index in [2.05, 4.69) is 24.8 Å². The van der Waals surface area contributed by atoms with Crippen LogP contribution in [0.1, 0.15) is 28.2 Å². The molecule has 0 atom stereocenters. The van der Waals surface area contributed by atoms with Gasteiger partial charge in [0.15, 0.2) is 0 Å². The Morgan fingerprint density at radius 1 is 1.38 bits per heavy atom. The summed E-state index contributed by atoms with van der Waals surface area (Å²) in [6, 6.07) is 2.76. The molecule has 1 aliphatic rings. The molecule has 0 unspecified atom stereocenters. The Bertz CT molecular complexity index is 330. The number of hydrogen-bond acceptors (Lipinski definition) is 3. The van der Waals surface area contributed by atoms with Crippen LogP contribution in [0.2, 0.25) is 0 Å². The van der Waals surface area contributed by atoms with Crippen LogP contribution < -0.4 is 5.73 Å². The van der Waals surface area contributed by atoms with Crippen molar-refractivity contribution in [1.29, 1.82) is 0 Å². The molecule has 1 aromatic heterocycles. The van der Waals surface area contributed by atoms with E-state index in [1.807, 2.05) is 11.3 Å². The first-order valence-electron chi connectivity index (χ1n) is 5.69. The van der Waals surface area contributed by atoms with E-state index in [-0.39, 0.29) is 12.4 Å². The molecule has 2 heterocycles. The average molecular weight is 261 g/mol. The van der Waals surface area contributed by atoms with Gasteiger partial charge in [0.1, 0.15) is 0 Å². The first-order valence-corrected chi connectivity index (χ1v) is 6.50. The van der Waals surface area contributed by atoms with Gasteiger partial charge in [0.2, 0.25) is 0 Å². The summed E-state index contributed by atoms with van der Waals surface area (Å²) in [7, 11) is 0. The smallest absolute Gasteiger partial charge is 0.0244 e. The fourth-order valence-corrected chi connectivity index (χ4v) is 3.13. The Hall–Kier alpha value is -0.0900. The molecule has 1 saturated heterocycles. The molecule has 1 aromatic rings. The maximum atomic E-state index is 5.90. The van der Waals surface area contributed by atoms with Crippen molar-refractivity contribution in [1.82, 2.24) is 4.90 Å². The quantitative estimate of drug-likeness (QED) is 0.886. The molecule has 2 N–H and O–H groups in total. The van der Waals surface area contributed by atoms with Crippen molar-refractivity contribution in [2.45, 2.75) is 39.3 Å². The van der Waals surface area contributed by atoms with E-state index in [4.69, 9.17) is 5.73 Å². The standard InChI is InChI=1S/C12H20N2S.ClH/c1-9-7-11(10(2)15-9)8-14-5-3-12(13)4-6-14;/h7,12H,3-6,8,13H2,1-2H3;1H. The van der Waals surface area contributed by atoms with Gasteiger partial charge in [-0.3, -0.25) is 4.90 Å². The molecule has 4 heteroatoms. The van der Waals surface area contributed by atoms with Gasteiger partial charge in [-0.1, -0.05) is 0 Å². The van der Waals surface area contributed by atoms with Crippen LogP contribution >= 0.6 is 23.7 Å². The van der Waals surface area contributed by atoms with Crippen LogP contribution in [0.3, 0.4) is 0 Å². The maximum Gasteiger partial charge on any atom is 0.0244 e. The summed E-state index contributed by atoms with van der Waals surface area (Å²) < 4.78 is 0. The predicted octanol–water partition coefficient (Wildman–Crippen LogP) is 2.71. The summed E-state index contributed by atoms with van der Waals surface area (Å²) in [5, 5.41) is 0. The Morgan fingerprint density at radius 2 is 2.00 bits per heavy atom. The third kappa shape index (κ3) is 3.45. The minimum Gasteiger partial charge on any atom is -0.328 e. The van der Waals surface area contributed by atoms with Crippen molar-refractivity contribution in [3.8, 4) is 0 Å². The molecule has 1 fully saturated rings. The molecule has 0 aromatic carbocycles. The minimum atomic E-state index is 0. The minimum absolute atomic E-state index is 0. The summed E-state index contributed by atoms with van der Waals surface area (Å²) in [6.45, 7) is 7.85. The van der Waals surface area contributed by atoms with Gasteiger partial charge in [0.25, 0.3) is 0 Å². The first-order chi connectivity index (χ1) is 7.15. The summed E-state index contributed by atoms with van der Waals surface area (Å²) in [6.07, 6.45) is 2.31. The number of piperidine rings is 1. The topological polar surface area (TPSA) is 29.3 Å². The van der Waals surface area contributed by atoms with Crippen molar-refractivity contribution in [3.05, 3.63) is 21.4 Å². The van der Waals surface area contributed by atoms with Crippen molar-refractivity contribution < 1.29 is 0 Å². The zero-order chi connectivity index (χ0) is 10.8. The van der Waals surface area contributed by atoms with Gasteiger partial charge in [0, 0.05) is 22.3 Å². The molecular weight excluding hydrogens is 240 g/mol. The van der Waals surface area contributed by atoms with E-state index in [9.17, 15) is 0 Å². The van der Waals surface area contributed by atoms with Crippen molar-refractivity contribution in [3.63, 3.8) is 0 Å². The largest absolute Gasteiger partial charge is 0.328 e. The third-order valence-corrected chi connectivity index (χ3v) is 4.18. The number of hydrogen-bond donors (Lipinski definition) is 1. The van der Waals surface area contributed by atoms with E-state index < -0.39 is 0 Å². The van der Waals surface area contributed by atoms with Crippen molar-refractivity contribution >= 4 is 23.7 Å². The van der Waals surface area contributed by atoms with E-state index in [0.717, 1.165) is 32.5 Å². The maximum absolute atomic E-state index is 5.90. The highest BCUT2D eigenvalue weighted by Gasteiger charge is 2.17. The first kappa shape index (κ1) is 14.0. The number of thiophene rings is 1. The highest BCUT2D eigenvalue weighted by Crippen LogP contribution is 2.23. The van der Waals surface area contributed by atoms with E-state index >= 15 is 0 Å². The Morgan fingerprint density at radius 3 is 2.50 bits per heavy atom. The average Bonchev–Trinajstić information content (AvgIpc) is 2.49. The van der Waals surface area contributed by atoms with Crippen molar-refractivity contribution in [2.24, 2.45) is 5.73 Å². The number of likely N-dealkylation sites (tertiary alicyclic amines) is 1. The number of halogens is 1. The number of nitrogens with two attached hydrogens (primary N) is 1. The second kappa shape index (κ2) is 6.01. The highest BCUT2D eigenvalue weighted by molar-refractivity contribution is 7.12. The molecule has 0 saturated carbocycles. The summed E-state index contributed by atoms with van der Waals surface area (Å²) in [5.41, 5.74) is 7.41. The molecule has 2 rings (SSSR count). The molecule has 16 heavy (non-hydrogen) atoms. The SMILES string of the molecule is Cc1cc(CN2CCC(N)CC2)c(C)s1.Cl. The van der Waals surface area contributed by atoms with Gasteiger partial charge >= 0.3 is 0 Å². The van der Waals surface area contributed by atoms with Crippen LogP contribution in [-0.4, -0.2) is 24.0 Å². The molecule has 0 radical (unpaired) electrons. The van der Waals surface area contributed by atoms with Crippen LogP contribution in [0.25, 0.3) is 0 Å². The van der Waals surface area contributed by atoms with Gasteiger partial charge in [-0.05, 0) is 51.4 Å². The summed E-state index contributed by atoms with van der Waals surface area (Å²) in [4.78, 5) is 5.43.